The van der Waals surface area contributed by atoms with Gasteiger partial charge in [-0.25, -0.2) is 9.97 Å². The lowest BCUT2D eigenvalue weighted by molar-refractivity contribution is 0.0937. The summed E-state index contributed by atoms with van der Waals surface area (Å²) in [5.74, 6) is 1.13. The van der Waals surface area contributed by atoms with Gasteiger partial charge in [-0.3, -0.25) is 9.48 Å². The summed E-state index contributed by atoms with van der Waals surface area (Å²) in [6.45, 7) is 3.88. The van der Waals surface area contributed by atoms with Crippen LogP contribution >= 0.6 is 0 Å². The van der Waals surface area contributed by atoms with Crippen LogP contribution in [0.15, 0.2) is 42.9 Å². The number of nitrogens with zero attached hydrogens (tertiary/aromatic N) is 4. The molecule has 0 aliphatic carbocycles. The zero-order chi connectivity index (χ0) is 18.7. The molecular formula is C19H21N5O2. The number of amides is 1. The first-order chi connectivity index (χ1) is 12.5. The Labute approximate surface area is 152 Å². The molecule has 2 heterocycles. The smallest absolute Gasteiger partial charge is 0.251 e. The van der Waals surface area contributed by atoms with Crippen molar-refractivity contribution in [3.8, 4) is 17.0 Å². The number of ether oxygens (including phenoxy) is 1. The van der Waals surface area contributed by atoms with Crippen LogP contribution in [0.25, 0.3) is 11.1 Å². The Balaban J connectivity index is 1.75. The third kappa shape index (κ3) is 3.56. The molecule has 0 saturated carbocycles. The zero-order valence-electron chi connectivity index (χ0n) is 15.2. The fourth-order valence-electron chi connectivity index (χ4n) is 2.79. The number of nitrogens with one attached hydrogen (secondary N) is 1. The lowest BCUT2D eigenvalue weighted by atomic mass is 10.0. The van der Waals surface area contributed by atoms with Crippen LogP contribution in [-0.4, -0.2) is 32.8 Å². The molecule has 0 unspecified atom stereocenters. The quantitative estimate of drug-likeness (QED) is 0.764. The number of rotatable bonds is 5. The van der Waals surface area contributed by atoms with Gasteiger partial charge in [0.2, 0.25) is 5.88 Å². The number of aryl methyl sites for hydroxylation is 2. The van der Waals surface area contributed by atoms with Crippen LogP contribution in [0, 0.1) is 6.92 Å². The largest absolute Gasteiger partial charge is 0.481 e. The Morgan fingerprint density at radius 2 is 1.96 bits per heavy atom. The van der Waals surface area contributed by atoms with Gasteiger partial charge < -0.3 is 10.1 Å². The van der Waals surface area contributed by atoms with Crippen molar-refractivity contribution in [2.45, 2.75) is 19.9 Å². The molecule has 1 aromatic carbocycles. The van der Waals surface area contributed by atoms with Crippen LogP contribution < -0.4 is 10.1 Å². The molecule has 0 aliphatic heterocycles. The minimum absolute atomic E-state index is 0.156. The van der Waals surface area contributed by atoms with E-state index in [1.165, 1.54) is 6.33 Å². The number of carbonyl (C=O) groups is 1. The van der Waals surface area contributed by atoms with Gasteiger partial charge in [0.1, 0.15) is 12.2 Å². The van der Waals surface area contributed by atoms with E-state index in [1.54, 1.807) is 37.2 Å². The number of hydrogen-bond donors (Lipinski definition) is 1. The van der Waals surface area contributed by atoms with Crippen molar-refractivity contribution in [1.82, 2.24) is 25.1 Å². The Morgan fingerprint density at radius 3 is 2.54 bits per heavy atom. The van der Waals surface area contributed by atoms with Gasteiger partial charge in [-0.05, 0) is 37.1 Å². The molecule has 0 radical (unpaired) electrons. The first kappa shape index (κ1) is 17.6. The Bertz CT molecular complexity index is 918. The fourth-order valence-corrected chi connectivity index (χ4v) is 2.79. The molecule has 0 saturated heterocycles. The Hall–Kier alpha value is -3.22. The Morgan fingerprint density at radius 1 is 1.23 bits per heavy atom. The van der Waals surface area contributed by atoms with E-state index in [0.29, 0.717) is 17.3 Å². The van der Waals surface area contributed by atoms with Crippen LogP contribution in [-0.2, 0) is 7.05 Å². The molecule has 0 aliphatic rings. The highest BCUT2D eigenvalue weighted by atomic mass is 16.5. The van der Waals surface area contributed by atoms with Gasteiger partial charge in [0, 0.05) is 30.4 Å². The molecule has 7 heteroatoms. The van der Waals surface area contributed by atoms with Gasteiger partial charge in [0.15, 0.2) is 0 Å². The standard InChI is InChI=1S/C19H21N5O2/c1-12-9-17(26-4)20-10-16(12)14-5-7-15(8-6-14)19(25)23-13(2)18-21-11-22-24(18)3/h5-11,13H,1-4H3,(H,23,25)/t13-/m0/s1. The van der Waals surface area contributed by atoms with Crippen molar-refractivity contribution in [2.75, 3.05) is 7.11 Å². The molecule has 7 nitrogen and oxygen atoms in total. The van der Waals surface area contributed by atoms with Crippen LogP contribution in [0.2, 0.25) is 0 Å². The van der Waals surface area contributed by atoms with Crippen molar-refractivity contribution in [3.05, 3.63) is 59.8 Å². The molecule has 1 atom stereocenters. The summed E-state index contributed by atoms with van der Waals surface area (Å²) in [5.41, 5.74) is 3.65. The van der Waals surface area contributed by atoms with E-state index in [9.17, 15) is 4.79 Å². The predicted octanol–water partition coefficient (Wildman–Crippen LogP) is 2.69. The molecule has 0 spiro atoms. The zero-order valence-corrected chi connectivity index (χ0v) is 15.2. The average Bonchev–Trinajstić information content (AvgIpc) is 3.07. The second kappa shape index (κ2) is 7.35. The van der Waals surface area contributed by atoms with Gasteiger partial charge in [0.25, 0.3) is 5.91 Å². The van der Waals surface area contributed by atoms with Crippen LogP contribution in [0.5, 0.6) is 5.88 Å². The first-order valence-electron chi connectivity index (χ1n) is 8.25. The van der Waals surface area contributed by atoms with Gasteiger partial charge in [0.05, 0.1) is 13.2 Å². The maximum Gasteiger partial charge on any atom is 0.251 e. The predicted molar refractivity (Wildman–Crippen MR) is 97.8 cm³/mol. The third-order valence-corrected chi connectivity index (χ3v) is 4.23. The molecular weight excluding hydrogens is 330 g/mol. The summed E-state index contributed by atoms with van der Waals surface area (Å²) in [6.07, 6.45) is 3.25. The van der Waals surface area contributed by atoms with Gasteiger partial charge in [-0.2, -0.15) is 5.10 Å². The average molecular weight is 351 g/mol. The van der Waals surface area contributed by atoms with Crippen molar-refractivity contribution < 1.29 is 9.53 Å². The number of hydrogen-bond acceptors (Lipinski definition) is 5. The third-order valence-electron chi connectivity index (χ3n) is 4.23. The van der Waals surface area contributed by atoms with Crippen LogP contribution in [0.3, 0.4) is 0 Å². The molecule has 26 heavy (non-hydrogen) atoms. The molecule has 0 fully saturated rings. The van der Waals surface area contributed by atoms with E-state index in [2.05, 4.69) is 20.4 Å². The maximum atomic E-state index is 12.5. The minimum Gasteiger partial charge on any atom is -0.481 e. The molecule has 1 amide bonds. The summed E-state index contributed by atoms with van der Waals surface area (Å²) in [5, 5.41) is 6.96. The summed E-state index contributed by atoms with van der Waals surface area (Å²) >= 11 is 0. The highest BCUT2D eigenvalue weighted by Gasteiger charge is 2.15. The Kier molecular flexibility index (Phi) is 4.97. The fraction of sp³-hybridized carbons (Fsp3) is 0.263. The number of aromatic nitrogens is 4. The monoisotopic (exact) mass is 351 g/mol. The lowest BCUT2D eigenvalue weighted by Crippen LogP contribution is -2.28. The second-order valence-electron chi connectivity index (χ2n) is 6.06. The van der Waals surface area contributed by atoms with Crippen LogP contribution in [0.4, 0.5) is 0 Å². The van der Waals surface area contributed by atoms with E-state index in [-0.39, 0.29) is 11.9 Å². The molecule has 2 aromatic heterocycles. The summed E-state index contributed by atoms with van der Waals surface area (Å²) in [6, 6.07) is 9.09. The first-order valence-corrected chi connectivity index (χ1v) is 8.25. The van der Waals surface area contributed by atoms with E-state index >= 15 is 0 Å². The SMILES string of the molecule is COc1cc(C)c(-c2ccc(C(=O)N[C@@H](C)c3ncnn3C)cc2)cn1. The molecule has 3 rings (SSSR count). The molecule has 1 N–H and O–H groups in total. The van der Waals surface area contributed by atoms with Crippen molar-refractivity contribution in [3.63, 3.8) is 0 Å². The normalized spacial score (nSPS) is 11.8. The topological polar surface area (TPSA) is 81.9 Å². The van der Waals surface area contributed by atoms with Crippen LogP contribution in [0.1, 0.15) is 34.7 Å². The highest BCUT2D eigenvalue weighted by molar-refractivity contribution is 5.94. The highest BCUT2D eigenvalue weighted by Crippen LogP contribution is 2.25. The second-order valence-corrected chi connectivity index (χ2v) is 6.06. The van der Waals surface area contributed by atoms with E-state index in [1.807, 2.05) is 32.0 Å². The van der Waals surface area contributed by atoms with E-state index < -0.39 is 0 Å². The number of methoxy groups -OCH3 is 1. The van der Waals surface area contributed by atoms with E-state index in [4.69, 9.17) is 4.74 Å². The number of carbonyl (C=O) groups excluding carboxylic acids is 1. The number of benzene rings is 1. The maximum absolute atomic E-state index is 12.5. The molecule has 0 bridgehead atoms. The summed E-state index contributed by atoms with van der Waals surface area (Å²) < 4.78 is 6.78. The van der Waals surface area contributed by atoms with Crippen molar-refractivity contribution in [2.24, 2.45) is 7.05 Å². The minimum atomic E-state index is -0.234. The lowest BCUT2D eigenvalue weighted by Gasteiger charge is -2.13. The van der Waals surface area contributed by atoms with Crippen molar-refractivity contribution in [1.29, 1.82) is 0 Å². The van der Waals surface area contributed by atoms with Crippen molar-refractivity contribution >= 4 is 5.91 Å². The van der Waals surface area contributed by atoms with Gasteiger partial charge in [-0.1, -0.05) is 12.1 Å². The number of pyridine rings is 1. The van der Waals surface area contributed by atoms with E-state index in [0.717, 1.165) is 16.7 Å². The van der Waals surface area contributed by atoms with Gasteiger partial charge in [-0.15, -0.1) is 0 Å². The molecule has 134 valence electrons. The summed E-state index contributed by atoms with van der Waals surface area (Å²) in [4.78, 5) is 20.9. The van der Waals surface area contributed by atoms with Gasteiger partial charge >= 0.3 is 0 Å². The molecule has 3 aromatic rings. The summed E-state index contributed by atoms with van der Waals surface area (Å²) in [7, 11) is 3.39.